The molecule has 0 spiro atoms. The van der Waals surface area contributed by atoms with E-state index in [1.54, 1.807) is 92.7 Å². The summed E-state index contributed by atoms with van der Waals surface area (Å²) in [4.78, 5) is 96.5. The maximum absolute atomic E-state index is 16.1. The number of nitrogens with one attached hydrogen (secondary N) is 1. The molecule has 7 rings (SSSR count). The van der Waals surface area contributed by atoms with Crippen LogP contribution in [0.15, 0.2) is 102 Å². The van der Waals surface area contributed by atoms with Crippen molar-refractivity contribution in [1.29, 1.82) is 0 Å². The van der Waals surface area contributed by atoms with Gasteiger partial charge in [-0.1, -0.05) is 80.6 Å². The molecule has 11 atom stereocenters. The van der Waals surface area contributed by atoms with Gasteiger partial charge in [-0.2, -0.15) is 0 Å². The number of amides is 1. The van der Waals surface area contributed by atoms with Crippen molar-refractivity contribution >= 4 is 41.5 Å². The molecular formula is C52H59NO16. The van der Waals surface area contributed by atoms with Crippen LogP contribution in [0.1, 0.15) is 106 Å². The van der Waals surface area contributed by atoms with E-state index in [2.05, 4.69) is 5.32 Å². The molecule has 0 radical (unpaired) electrons. The molecule has 1 amide bonds. The number of carboxylic acid groups (broad SMARTS) is 1. The maximum atomic E-state index is 16.1. The predicted octanol–water partition coefficient (Wildman–Crippen LogP) is 5.01. The van der Waals surface area contributed by atoms with Gasteiger partial charge in [0.2, 0.25) is 0 Å². The first-order valence-electron chi connectivity index (χ1n) is 23.0. The van der Waals surface area contributed by atoms with Gasteiger partial charge in [0, 0.05) is 50.7 Å². The van der Waals surface area contributed by atoms with Crippen molar-refractivity contribution in [2.24, 2.45) is 16.7 Å². The lowest BCUT2D eigenvalue weighted by Gasteiger charge is -2.67. The molecule has 1 heterocycles. The van der Waals surface area contributed by atoms with Crippen LogP contribution < -0.4 is 5.32 Å². The van der Waals surface area contributed by atoms with Crippen LogP contribution >= 0.6 is 0 Å². The van der Waals surface area contributed by atoms with Crippen LogP contribution in [0, 0.1) is 16.7 Å². The average molecular weight is 954 g/mol. The number of aliphatic hydroxyl groups is 2. The summed E-state index contributed by atoms with van der Waals surface area (Å²) in [6, 6.07) is 22.9. The number of unbranched alkanes of at least 4 members (excludes halogenated alkanes) is 1. The summed E-state index contributed by atoms with van der Waals surface area (Å²) in [5.74, 6) is -7.75. The van der Waals surface area contributed by atoms with Crippen molar-refractivity contribution in [1.82, 2.24) is 5.32 Å². The number of aliphatic hydroxyl groups excluding tert-OH is 1. The number of benzene rings is 3. The van der Waals surface area contributed by atoms with Gasteiger partial charge < -0.3 is 49.1 Å². The lowest BCUT2D eigenvalue weighted by Crippen LogP contribution is -2.82. The highest BCUT2D eigenvalue weighted by Gasteiger charge is 2.78. The van der Waals surface area contributed by atoms with Crippen LogP contribution in [0.2, 0.25) is 0 Å². The predicted molar refractivity (Wildman–Crippen MR) is 243 cm³/mol. The van der Waals surface area contributed by atoms with Gasteiger partial charge in [0.25, 0.3) is 5.91 Å². The standard InChI is InChI=1S/C52H59NO16/c1-29-35(67-48(62)41(58)40(32-18-10-7-11-19-32)53-46(60)33-20-12-8-13-21-33)27-52(63)45(68-47(61)34-22-14-9-15-23-34)43-50(6,44(59)42(66-30(2)54)39(29)49(52,4)5)36(64-25-17-16-24-38(56)57)26-37-51(43,28-65-37)69-31(3)55/h7-15,18-23,35-37,40-43,45,58,63H,16-17,24-28H2,1-6H3,(H,53,60)(H,56,57)/t35-,36-,37?,40-,41+,42?,43?,45?,50+,51-,52+/m0/s1. The topological polar surface area (TPSA) is 248 Å². The quantitative estimate of drug-likeness (QED) is 0.0638. The molecular weight excluding hydrogens is 895 g/mol. The molecule has 368 valence electrons. The Morgan fingerprint density at radius 3 is 2.00 bits per heavy atom. The summed E-state index contributed by atoms with van der Waals surface area (Å²) in [5.41, 5.74) is -6.98. The molecule has 3 aliphatic carbocycles. The Morgan fingerprint density at radius 2 is 1.43 bits per heavy atom. The number of fused-ring (bicyclic) bond motifs is 5. The molecule has 17 heteroatoms. The van der Waals surface area contributed by atoms with Crippen LogP contribution in [0.25, 0.3) is 0 Å². The van der Waals surface area contributed by atoms with Crippen molar-refractivity contribution in [3.63, 3.8) is 0 Å². The van der Waals surface area contributed by atoms with Crippen molar-refractivity contribution in [3.05, 3.63) is 119 Å². The molecule has 2 bridgehead atoms. The number of rotatable bonds is 16. The number of carbonyl (C=O) groups excluding carboxylic acids is 6. The minimum Gasteiger partial charge on any atom is -0.481 e. The van der Waals surface area contributed by atoms with Crippen LogP contribution in [-0.4, -0.2) is 118 Å². The molecule has 17 nitrogen and oxygen atoms in total. The monoisotopic (exact) mass is 953 g/mol. The van der Waals surface area contributed by atoms with Gasteiger partial charge >= 0.3 is 29.8 Å². The van der Waals surface area contributed by atoms with Gasteiger partial charge in [-0.3, -0.25) is 24.0 Å². The Balaban J connectivity index is 1.40. The molecule has 4 aliphatic rings. The second-order valence-corrected chi connectivity index (χ2v) is 19.0. The highest BCUT2D eigenvalue weighted by Crippen LogP contribution is 2.65. The first-order chi connectivity index (χ1) is 32.7. The van der Waals surface area contributed by atoms with Crippen LogP contribution in [0.5, 0.6) is 0 Å². The fraction of sp³-hybridized carbons (Fsp3) is 0.481. The Hall–Kier alpha value is -6.27. The number of ether oxygens (including phenoxy) is 6. The van der Waals surface area contributed by atoms with Gasteiger partial charge in [-0.25, -0.2) is 9.59 Å². The van der Waals surface area contributed by atoms with E-state index in [0.717, 1.165) is 6.92 Å². The van der Waals surface area contributed by atoms with Crippen LogP contribution in [0.4, 0.5) is 0 Å². The SMILES string of the molecule is CC(=O)OC1C(=O)[C@@]2(C)C(C(OC(=O)c3ccccc3)[C@]3(O)C[C@H](OC(=O)[C@H](O)[C@@H](NC(=O)c4ccccc4)c4ccccc4)C(C)=C1C3(C)C)[C@]1(OC(C)=O)COC1C[C@@H]2OCCCCC(=O)O. The van der Waals surface area contributed by atoms with Gasteiger partial charge in [0.1, 0.15) is 23.9 Å². The van der Waals surface area contributed by atoms with Gasteiger partial charge in [0.15, 0.2) is 23.6 Å². The van der Waals surface area contributed by atoms with Gasteiger partial charge in [-0.05, 0) is 67.7 Å². The zero-order chi connectivity index (χ0) is 50.1. The average Bonchev–Trinajstić information content (AvgIpc) is 3.31. The van der Waals surface area contributed by atoms with E-state index in [1.807, 2.05) is 0 Å². The normalized spacial score (nSPS) is 29.8. The fourth-order valence-electron chi connectivity index (χ4n) is 11.0. The third-order valence-electron chi connectivity index (χ3n) is 14.6. The smallest absolute Gasteiger partial charge is 0.338 e. The summed E-state index contributed by atoms with van der Waals surface area (Å²) in [5, 5.41) is 37.9. The summed E-state index contributed by atoms with van der Waals surface area (Å²) in [6.07, 6.45) is -9.61. The van der Waals surface area contributed by atoms with Crippen molar-refractivity contribution in [2.75, 3.05) is 13.2 Å². The van der Waals surface area contributed by atoms with E-state index in [0.29, 0.717) is 5.56 Å². The molecule has 2 saturated carbocycles. The zero-order valence-electron chi connectivity index (χ0n) is 39.4. The molecule has 0 aromatic heterocycles. The van der Waals surface area contributed by atoms with Crippen LogP contribution in [0.3, 0.4) is 0 Å². The second kappa shape index (κ2) is 20.0. The summed E-state index contributed by atoms with van der Waals surface area (Å²) >= 11 is 0. The molecule has 69 heavy (non-hydrogen) atoms. The largest absolute Gasteiger partial charge is 0.481 e. The van der Waals surface area contributed by atoms with Crippen LogP contribution in [-0.2, 0) is 52.4 Å². The Morgan fingerprint density at radius 1 is 0.826 bits per heavy atom. The number of aliphatic carboxylic acids is 1. The number of hydrogen-bond donors (Lipinski definition) is 4. The molecule has 1 saturated heterocycles. The molecule has 4 unspecified atom stereocenters. The third kappa shape index (κ3) is 9.44. The molecule has 3 aromatic carbocycles. The van der Waals surface area contributed by atoms with E-state index in [-0.39, 0.29) is 61.2 Å². The van der Waals surface area contributed by atoms with E-state index >= 15 is 4.79 Å². The Labute approximate surface area is 399 Å². The highest BCUT2D eigenvalue weighted by molar-refractivity contribution is 5.96. The third-order valence-corrected chi connectivity index (χ3v) is 14.6. The number of esters is 4. The first kappa shape index (κ1) is 50.6. The summed E-state index contributed by atoms with van der Waals surface area (Å²) in [6.45, 7) is 8.12. The molecule has 1 aliphatic heterocycles. The van der Waals surface area contributed by atoms with Gasteiger partial charge in [0.05, 0.1) is 35.6 Å². The minimum atomic E-state index is -2.41. The maximum Gasteiger partial charge on any atom is 0.338 e. The number of hydrogen-bond acceptors (Lipinski definition) is 15. The lowest BCUT2D eigenvalue weighted by atomic mass is 9.44. The summed E-state index contributed by atoms with van der Waals surface area (Å²) in [7, 11) is 0. The van der Waals surface area contributed by atoms with Gasteiger partial charge in [-0.15, -0.1) is 0 Å². The van der Waals surface area contributed by atoms with E-state index in [4.69, 9.17) is 28.4 Å². The zero-order valence-corrected chi connectivity index (χ0v) is 39.4. The number of ketones is 1. The van der Waals surface area contributed by atoms with Crippen molar-refractivity contribution in [2.45, 2.75) is 128 Å². The number of carbonyl (C=O) groups is 7. The van der Waals surface area contributed by atoms with E-state index in [1.165, 1.54) is 32.9 Å². The van der Waals surface area contributed by atoms with E-state index < -0.39 is 119 Å². The minimum absolute atomic E-state index is 0.00916. The Kier molecular flexibility index (Phi) is 14.7. The first-order valence-corrected chi connectivity index (χ1v) is 23.0. The molecule has 3 fully saturated rings. The summed E-state index contributed by atoms with van der Waals surface area (Å²) < 4.78 is 37.6. The number of carboxylic acids is 1. The lowest BCUT2D eigenvalue weighted by molar-refractivity contribution is -0.348. The second-order valence-electron chi connectivity index (χ2n) is 19.0. The Bertz CT molecular complexity index is 2480. The van der Waals surface area contributed by atoms with Crippen molar-refractivity contribution < 1.29 is 77.3 Å². The highest BCUT2D eigenvalue weighted by atomic mass is 16.6. The van der Waals surface area contributed by atoms with E-state index in [9.17, 15) is 44.1 Å². The number of Topliss-reactive ketones (excluding diaryl/α,β-unsaturated/α-hetero) is 1. The van der Waals surface area contributed by atoms with Crippen molar-refractivity contribution in [3.8, 4) is 0 Å². The fourth-order valence-corrected chi connectivity index (χ4v) is 11.0. The molecule has 3 aromatic rings. The molecule has 4 N–H and O–H groups in total.